The molecule has 0 radical (unpaired) electrons. The van der Waals surface area contributed by atoms with Crippen molar-refractivity contribution in [1.82, 2.24) is 30.2 Å². The highest BCUT2D eigenvalue weighted by Crippen LogP contribution is 2.40. The Hall–Kier alpha value is -9.73. The lowest BCUT2D eigenvalue weighted by molar-refractivity contribution is -0.165. The fourth-order valence-corrected chi connectivity index (χ4v) is 10.8. The summed E-state index contributed by atoms with van der Waals surface area (Å²) in [6.07, 6.45) is 2.29. The van der Waals surface area contributed by atoms with Gasteiger partial charge in [0, 0.05) is 65.1 Å². The van der Waals surface area contributed by atoms with Gasteiger partial charge < -0.3 is 63.8 Å². The van der Waals surface area contributed by atoms with Crippen LogP contribution in [0.15, 0.2) is 134 Å². The van der Waals surface area contributed by atoms with Crippen LogP contribution in [0, 0.1) is 5.41 Å². The van der Waals surface area contributed by atoms with Gasteiger partial charge in [0.2, 0.25) is 29.4 Å². The second kappa shape index (κ2) is 34.5. The summed E-state index contributed by atoms with van der Waals surface area (Å²) in [5, 5.41) is 15.9. The number of carbonyl (C=O) groups is 9. The summed E-state index contributed by atoms with van der Waals surface area (Å²) in [6.45, 7) is 7.34. The number of carbonyl (C=O) groups excluding carboxylic acids is 9. The van der Waals surface area contributed by atoms with E-state index in [0.29, 0.717) is 65.3 Å². The van der Waals surface area contributed by atoms with Crippen molar-refractivity contribution < 1.29 is 76.7 Å². The van der Waals surface area contributed by atoms with Gasteiger partial charge >= 0.3 is 11.9 Å². The van der Waals surface area contributed by atoms with E-state index in [2.05, 4.69) is 17.2 Å². The van der Waals surface area contributed by atoms with E-state index in [4.69, 9.17) is 28.4 Å². The van der Waals surface area contributed by atoms with E-state index in [1.54, 1.807) is 90.8 Å². The number of methoxy groups -OCH3 is 3. The number of ketones is 1. The maximum atomic E-state index is 14.9. The van der Waals surface area contributed by atoms with E-state index in [1.165, 1.54) is 76.1 Å². The number of phenolic OH excluding ortho intramolecular Hbond substituents is 1. The first-order chi connectivity index (χ1) is 44.0. The van der Waals surface area contributed by atoms with Crippen molar-refractivity contribution >= 4 is 53.2 Å². The van der Waals surface area contributed by atoms with Crippen LogP contribution in [-0.4, -0.2) is 177 Å². The number of likely N-dealkylation sites (N-methyl/N-ethyl adjacent to an activating group) is 3. The molecule has 5 aromatic rings. The van der Waals surface area contributed by atoms with Crippen molar-refractivity contribution in [3.8, 4) is 28.7 Å². The number of aromatic hydroxyl groups is 1. The molecule has 5 aromatic carbocycles. The molecule has 0 spiro atoms. The molecule has 0 saturated carbocycles. The molecule has 0 aliphatic carbocycles. The Kier molecular flexibility index (Phi) is 26.7. The van der Waals surface area contributed by atoms with Gasteiger partial charge in [-0.05, 0) is 111 Å². The molecule has 1 heterocycles. The number of piperidine rings is 1. The standard InChI is InChI=1S/C70H86N6O16/c1-11-37-73(5)66(83)53(39-46-22-15-13-16-23-46)71-60(78)43-74(6)67(84)54(40-47-24-17-14-18-25-47)72-65(82)56(41-48-29-31-50(77)32-30-48)75(7)61(79)44-90-51-27-21-26-49(42-51)57(34-33-52-58(87-8)35-36-59(88-9)63(52)89-10)92-69(86)55-28-19-20-38-76(55)68(85)64(81)70(3,4)45-91-62(80)12-2/h12-18,21-27,29-32,35-36,42,53-57,77H,2,11,19-20,28,33-34,37-41,43-45H2,1,3-10H3,(H,71,78)(H,72,82)/t53-,54-,55+,56+,57-/m1/s1. The predicted molar refractivity (Wildman–Crippen MR) is 343 cm³/mol. The van der Waals surface area contributed by atoms with Gasteiger partial charge in [-0.2, -0.15) is 0 Å². The van der Waals surface area contributed by atoms with Gasteiger partial charge in [0.15, 0.2) is 18.1 Å². The van der Waals surface area contributed by atoms with Crippen LogP contribution in [0.25, 0.3) is 0 Å². The molecule has 3 N–H and O–H groups in total. The third-order valence-corrected chi connectivity index (χ3v) is 16.0. The molecule has 0 aromatic heterocycles. The molecular formula is C70H86N6O16. The maximum absolute atomic E-state index is 14.9. The molecule has 1 fully saturated rings. The lowest BCUT2D eigenvalue weighted by Gasteiger charge is -2.36. The number of esters is 2. The Labute approximate surface area is 538 Å². The largest absolute Gasteiger partial charge is 0.508 e. The zero-order chi connectivity index (χ0) is 67.1. The smallest absolute Gasteiger partial charge is 0.330 e. The summed E-state index contributed by atoms with van der Waals surface area (Å²) >= 11 is 0. The molecule has 6 amide bonds. The summed E-state index contributed by atoms with van der Waals surface area (Å²) < 4.78 is 34.8. The van der Waals surface area contributed by atoms with E-state index >= 15 is 0 Å². The van der Waals surface area contributed by atoms with Crippen molar-refractivity contribution in [2.24, 2.45) is 5.41 Å². The van der Waals surface area contributed by atoms with Crippen LogP contribution < -0.4 is 29.6 Å². The SMILES string of the molecule is C=CC(=O)OCC(C)(C)C(=O)C(=O)N1CCCC[C@H]1C(=O)O[C@H](CCc1c(OC)ccc(OC)c1OC)c1cccc(OCC(=O)N(C)[C@@H](Cc2ccc(O)cc2)C(=O)N[C@H](Cc2ccccc2)C(=O)N(C)CC(=O)N[C@H](Cc2ccccc2)C(=O)N(C)CCC)c1. The van der Waals surface area contributed by atoms with Crippen molar-refractivity contribution in [2.45, 2.75) is 109 Å². The second-order valence-corrected chi connectivity index (χ2v) is 23.2. The average Bonchev–Trinajstić information content (AvgIpc) is 1.80. The predicted octanol–water partition coefficient (Wildman–Crippen LogP) is 6.57. The van der Waals surface area contributed by atoms with Gasteiger partial charge in [0.05, 0.1) is 33.3 Å². The first-order valence-electron chi connectivity index (χ1n) is 30.6. The molecule has 5 atom stereocenters. The van der Waals surface area contributed by atoms with Crippen LogP contribution in [0.2, 0.25) is 0 Å². The summed E-state index contributed by atoms with van der Waals surface area (Å²) in [5.41, 5.74) is 1.66. The number of Topliss-reactive ketones (excluding diaryl/α,β-unsaturated/α-hetero) is 1. The Bertz CT molecular complexity index is 3360. The van der Waals surface area contributed by atoms with Gasteiger partial charge in [0.25, 0.3) is 11.8 Å². The number of benzene rings is 5. The molecule has 22 heteroatoms. The third kappa shape index (κ3) is 19.9. The van der Waals surface area contributed by atoms with Crippen LogP contribution in [-0.2, 0) is 78.3 Å². The number of phenols is 1. The quantitative estimate of drug-likeness (QED) is 0.0228. The number of amides is 6. The van der Waals surface area contributed by atoms with E-state index in [1.807, 2.05) is 37.3 Å². The average molecular weight is 1270 g/mol. The number of hydrogen-bond donors (Lipinski definition) is 3. The van der Waals surface area contributed by atoms with Crippen LogP contribution in [0.4, 0.5) is 0 Å². The Morgan fingerprint density at radius 1 is 0.728 bits per heavy atom. The molecule has 6 rings (SSSR count). The Morgan fingerprint density at radius 3 is 1.95 bits per heavy atom. The molecule has 0 unspecified atom stereocenters. The van der Waals surface area contributed by atoms with Crippen molar-refractivity contribution in [2.75, 3.05) is 75.3 Å². The summed E-state index contributed by atoms with van der Waals surface area (Å²) in [4.78, 5) is 131. The van der Waals surface area contributed by atoms with E-state index in [9.17, 15) is 48.3 Å². The Balaban J connectivity index is 1.25. The fourth-order valence-electron chi connectivity index (χ4n) is 10.8. The van der Waals surface area contributed by atoms with E-state index in [0.717, 1.165) is 11.6 Å². The minimum absolute atomic E-state index is 0.0000663. The lowest BCUT2D eigenvalue weighted by atomic mass is 9.87. The third-order valence-electron chi connectivity index (χ3n) is 16.0. The van der Waals surface area contributed by atoms with E-state index < -0.39 is 103 Å². The highest BCUT2D eigenvalue weighted by atomic mass is 16.5. The lowest BCUT2D eigenvalue weighted by Crippen LogP contribution is -2.57. The molecular weight excluding hydrogens is 1180 g/mol. The first kappa shape index (κ1) is 71.3. The highest BCUT2D eigenvalue weighted by Gasteiger charge is 2.43. The van der Waals surface area contributed by atoms with Crippen LogP contribution in [0.3, 0.4) is 0 Å². The molecule has 1 saturated heterocycles. The molecule has 0 bridgehead atoms. The number of likely N-dealkylation sites (tertiary alicyclic amines) is 1. The van der Waals surface area contributed by atoms with Gasteiger partial charge in [0.1, 0.15) is 54.1 Å². The number of nitrogens with zero attached hydrogens (tertiary/aromatic N) is 4. The number of hydrogen-bond acceptors (Lipinski definition) is 16. The van der Waals surface area contributed by atoms with Gasteiger partial charge in [-0.15, -0.1) is 0 Å². The fraction of sp³-hybridized carbons (Fsp3) is 0.414. The maximum Gasteiger partial charge on any atom is 0.330 e. The zero-order valence-electron chi connectivity index (χ0n) is 54.0. The molecule has 92 heavy (non-hydrogen) atoms. The normalized spacial score (nSPS) is 14.1. The second-order valence-electron chi connectivity index (χ2n) is 23.2. The van der Waals surface area contributed by atoms with Crippen LogP contribution in [0.5, 0.6) is 28.7 Å². The monoisotopic (exact) mass is 1270 g/mol. The van der Waals surface area contributed by atoms with Crippen LogP contribution >= 0.6 is 0 Å². The molecule has 1 aliphatic rings. The molecule has 1 aliphatic heterocycles. The van der Waals surface area contributed by atoms with Crippen molar-refractivity contribution in [1.29, 1.82) is 0 Å². The zero-order valence-corrected chi connectivity index (χ0v) is 54.0. The van der Waals surface area contributed by atoms with E-state index in [-0.39, 0.29) is 62.5 Å². The van der Waals surface area contributed by atoms with Gasteiger partial charge in [-0.3, -0.25) is 33.6 Å². The topological polar surface area (TPSA) is 266 Å². The minimum Gasteiger partial charge on any atom is -0.508 e. The van der Waals surface area contributed by atoms with Crippen molar-refractivity contribution in [3.05, 3.63) is 162 Å². The minimum atomic E-state index is -1.44. The molecule has 22 nitrogen and oxygen atoms in total. The van der Waals surface area contributed by atoms with Gasteiger partial charge in [-0.1, -0.05) is 98.4 Å². The summed E-state index contributed by atoms with van der Waals surface area (Å²) in [5.74, 6) is -4.80. The number of rotatable bonds is 33. The van der Waals surface area contributed by atoms with Crippen LogP contribution in [0.1, 0.15) is 86.8 Å². The first-order valence-corrected chi connectivity index (χ1v) is 30.6. The summed E-state index contributed by atoms with van der Waals surface area (Å²) in [7, 11) is 9.00. The summed E-state index contributed by atoms with van der Waals surface area (Å²) in [6, 6.07) is 29.6. The Morgan fingerprint density at radius 2 is 1.34 bits per heavy atom. The highest BCUT2D eigenvalue weighted by molar-refractivity contribution is 6.38. The number of ether oxygens (including phenoxy) is 6. The van der Waals surface area contributed by atoms with Crippen molar-refractivity contribution in [3.63, 3.8) is 0 Å². The van der Waals surface area contributed by atoms with Gasteiger partial charge in [-0.25, -0.2) is 9.59 Å². The number of nitrogens with one attached hydrogen (secondary N) is 2. The molecule has 492 valence electrons.